The second-order valence-corrected chi connectivity index (χ2v) is 8.62. The summed E-state index contributed by atoms with van der Waals surface area (Å²) in [5.41, 5.74) is 1.78. The number of carbonyl (C=O) groups is 1. The third kappa shape index (κ3) is 5.80. The van der Waals surface area contributed by atoms with Gasteiger partial charge in [-0.05, 0) is 49.8 Å². The molecule has 2 N–H and O–H groups in total. The van der Waals surface area contributed by atoms with Gasteiger partial charge in [0.15, 0.2) is 0 Å². The molecule has 0 saturated carbocycles. The number of hydrogen-bond acceptors (Lipinski definition) is 4. The zero-order valence-electron chi connectivity index (χ0n) is 16.2. The monoisotopic (exact) mass is 389 g/mol. The van der Waals surface area contributed by atoms with Crippen molar-refractivity contribution in [2.75, 3.05) is 31.9 Å². The number of anilines is 1. The zero-order valence-corrected chi connectivity index (χ0v) is 17.0. The minimum Gasteiger partial charge on any atom is -0.351 e. The highest BCUT2D eigenvalue weighted by atomic mass is 32.2. The van der Waals surface area contributed by atoms with Crippen molar-refractivity contribution in [1.29, 1.82) is 0 Å². The summed E-state index contributed by atoms with van der Waals surface area (Å²) < 4.78 is 28.3. The molecular weight excluding hydrogens is 362 g/mol. The van der Waals surface area contributed by atoms with E-state index >= 15 is 0 Å². The molecule has 0 aromatic heterocycles. The highest BCUT2D eigenvalue weighted by molar-refractivity contribution is 7.92. The molecule has 146 valence electrons. The van der Waals surface area contributed by atoms with E-state index in [0.29, 0.717) is 24.3 Å². The average molecular weight is 390 g/mol. The van der Waals surface area contributed by atoms with Gasteiger partial charge >= 0.3 is 0 Å². The van der Waals surface area contributed by atoms with Crippen LogP contribution >= 0.6 is 0 Å². The van der Waals surface area contributed by atoms with Gasteiger partial charge in [-0.1, -0.05) is 38.1 Å². The molecule has 0 aliphatic rings. The van der Waals surface area contributed by atoms with Gasteiger partial charge in [0, 0.05) is 18.7 Å². The number of nitrogens with one attached hydrogen (secondary N) is 2. The van der Waals surface area contributed by atoms with Crippen LogP contribution in [0.1, 0.15) is 35.7 Å². The van der Waals surface area contributed by atoms with E-state index in [-0.39, 0.29) is 16.7 Å². The van der Waals surface area contributed by atoms with E-state index in [1.807, 2.05) is 45.0 Å². The van der Waals surface area contributed by atoms with Gasteiger partial charge in [0.1, 0.15) is 0 Å². The number of sulfonamides is 1. The molecule has 6 nitrogen and oxygen atoms in total. The molecule has 7 heteroatoms. The smallest absolute Gasteiger partial charge is 0.261 e. The molecule has 27 heavy (non-hydrogen) atoms. The fraction of sp³-hybridized carbons (Fsp3) is 0.350. The number of para-hydroxylation sites is 1. The standard InChI is InChI=1S/C20H27N3O3S/c1-15(2)18-10-5-6-11-19(18)22-27(25,26)17-9-7-8-16(14-17)20(24)21-12-13-23(3)4/h5-11,14-15,22H,12-13H2,1-4H3,(H,21,24). The molecule has 0 fully saturated rings. The van der Waals surface area contributed by atoms with Gasteiger partial charge in [-0.15, -0.1) is 0 Å². The van der Waals surface area contributed by atoms with Crippen LogP contribution in [-0.2, 0) is 10.0 Å². The summed E-state index contributed by atoms with van der Waals surface area (Å²) in [6, 6.07) is 13.4. The summed E-state index contributed by atoms with van der Waals surface area (Å²) in [6.45, 7) is 5.21. The number of nitrogens with zero attached hydrogens (tertiary/aromatic N) is 1. The van der Waals surface area contributed by atoms with Gasteiger partial charge in [-0.2, -0.15) is 0 Å². The molecule has 0 bridgehead atoms. The molecule has 0 saturated heterocycles. The Hall–Kier alpha value is -2.38. The van der Waals surface area contributed by atoms with Crippen LogP contribution in [0.3, 0.4) is 0 Å². The molecule has 0 spiro atoms. The van der Waals surface area contributed by atoms with E-state index < -0.39 is 10.0 Å². The maximum atomic E-state index is 12.8. The predicted octanol–water partition coefficient (Wildman–Crippen LogP) is 2.90. The molecule has 0 radical (unpaired) electrons. The van der Waals surface area contributed by atoms with Crippen molar-refractivity contribution in [3.05, 3.63) is 59.7 Å². The first kappa shape index (κ1) is 20.9. The Labute approximate surface area is 161 Å². The summed E-state index contributed by atoms with van der Waals surface area (Å²) in [5, 5.41) is 2.79. The number of likely N-dealkylation sites (N-methyl/N-ethyl adjacent to an activating group) is 1. The van der Waals surface area contributed by atoms with Gasteiger partial charge in [-0.25, -0.2) is 8.42 Å². The van der Waals surface area contributed by atoms with E-state index in [4.69, 9.17) is 0 Å². The van der Waals surface area contributed by atoms with Crippen LogP contribution in [0.2, 0.25) is 0 Å². The van der Waals surface area contributed by atoms with Crippen molar-refractivity contribution in [2.45, 2.75) is 24.7 Å². The number of amides is 1. The van der Waals surface area contributed by atoms with Gasteiger partial charge in [0.2, 0.25) is 0 Å². The Morgan fingerprint density at radius 2 is 1.78 bits per heavy atom. The van der Waals surface area contributed by atoms with Crippen LogP contribution in [0.4, 0.5) is 5.69 Å². The molecule has 0 aliphatic heterocycles. The normalized spacial score (nSPS) is 11.6. The maximum Gasteiger partial charge on any atom is 0.261 e. The zero-order chi connectivity index (χ0) is 20.0. The lowest BCUT2D eigenvalue weighted by Gasteiger charge is -2.15. The molecule has 1 amide bonds. The molecule has 0 atom stereocenters. The summed E-state index contributed by atoms with van der Waals surface area (Å²) in [5.74, 6) is -0.116. The highest BCUT2D eigenvalue weighted by Gasteiger charge is 2.18. The second kappa shape index (κ2) is 9.01. The van der Waals surface area contributed by atoms with Crippen molar-refractivity contribution in [3.63, 3.8) is 0 Å². The molecule has 2 rings (SSSR count). The lowest BCUT2D eigenvalue weighted by molar-refractivity contribution is 0.0951. The van der Waals surface area contributed by atoms with E-state index in [1.165, 1.54) is 12.1 Å². The van der Waals surface area contributed by atoms with Crippen molar-refractivity contribution >= 4 is 21.6 Å². The first-order valence-electron chi connectivity index (χ1n) is 8.85. The van der Waals surface area contributed by atoms with Crippen molar-refractivity contribution in [3.8, 4) is 0 Å². The lowest BCUT2D eigenvalue weighted by atomic mass is 10.0. The van der Waals surface area contributed by atoms with Gasteiger partial charge in [0.25, 0.3) is 15.9 Å². The minimum atomic E-state index is -3.80. The largest absolute Gasteiger partial charge is 0.351 e. The van der Waals surface area contributed by atoms with E-state index in [1.54, 1.807) is 24.3 Å². The Morgan fingerprint density at radius 1 is 1.07 bits per heavy atom. The Kier molecular flexibility index (Phi) is 6.98. The fourth-order valence-electron chi connectivity index (χ4n) is 2.60. The topological polar surface area (TPSA) is 78.5 Å². The Balaban J connectivity index is 2.21. The van der Waals surface area contributed by atoms with Crippen LogP contribution in [-0.4, -0.2) is 46.4 Å². The number of rotatable bonds is 8. The van der Waals surface area contributed by atoms with Gasteiger partial charge in [-0.3, -0.25) is 9.52 Å². The number of hydrogen-bond donors (Lipinski definition) is 2. The Morgan fingerprint density at radius 3 is 2.44 bits per heavy atom. The fourth-order valence-corrected chi connectivity index (χ4v) is 3.73. The van der Waals surface area contributed by atoms with Crippen LogP contribution in [0, 0.1) is 0 Å². The minimum absolute atomic E-state index is 0.0568. The van der Waals surface area contributed by atoms with Crippen LogP contribution in [0.15, 0.2) is 53.4 Å². The number of carbonyl (C=O) groups excluding carboxylic acids is 1. The van der Waals surface area contributed by atoms with E-state index in [9.17, 15) is 13.2 Å². The second-order valence-electron chi connectivity index (χ2n) is 6.93. The van der Waals surface area contributed by atoms with Crippen molar-refractivity contribution in [2.24, 2.45) is 0 Å². The van der Waals surface area contributed by atoms with Crippen LogP contribution < -0.4 is 10.0 Å². The van der Waals surface area contributed by atoms with Crippen molar-refractivity contribution in [1.82, 2.24) is 10.2 Å². The van der Waals surface area contributed by atoms with E-state index in [0.717, 1.165) is 5.56 Å². The summed E-state index contributed by atoms with van der Waals surface area (Å²) in [6.07, 6.45) is 0. The quantitative estimate of drug-likeness (QED) is 0.728. The van der Waals surface area contributed by atoms with Crippen molar-refractivity contribution < 1.29 is 13.2 Å². The first-order valence-corrected chi connectivity index (χ1v) is 10.3. The highest BCUT2D eigenvalue weighted by Crippen LogP contribution is 2.26. The number of benzene rings is 2. The third-order valence-electron chi connectivity index (χ3n) is 4.08. The molecular formula is C20H27N3O3S. The average Bonchev–Trinajstić information content (AvgIpc) is 2.61. The summed E-state index contributed by atoms with van der Waals surface area (Å²) >= 11 is 0. The van der Waals surface area contributed by atoms with Gasteiger partial charge in [0.05, 0.1) is 10.6 Å². The van der Waals surface area contributed by atoms with Crippen LogP contribution in [0.5, 0.6) is 0 Å². The summed E-state index contributed by atoms with van der Waals surface area (Å²) in [4.78, 5) is 14.3. The Bertz CT molecular complexity index is 893. The van der Waals surface area contributed by atoms with E-state index in [2.05, 4.69) is 10.0 Å². The lowest BCUT2D eigenvalue weighted by Crippen LogP contribution is -2.31. The van der Waals surface area contributed by atoms with Gasteiger partial charge < -0.3 is 10.2 Å². The molecule has 0 aliphatic carbocycles. The van der Waals surface area contributed by atoms with Crippen LogP contribution in [0.25, 0.3) is 0 Å². The maximum absolute atomic E-state index is 12.8. The SMILES string of the molecule is CC(C)c1ccccc1NS(=O)(=O)c1cccc(C(=O)NCCN(C)C)c1. The predicted molar refractivity (Wildman–Crippen MR) is 109 cm³/mol. The first-order chi connectivity index (χ1) is 12.7. The molecule has 2 aromatic carbocycles. The molecule has 0 unspecified atom stereocenters. The summed E-state index contributed by atoms with van der Waals surface area (Å²) in [7, 11) is 0.0358. The molecule has 2 aromatic rings. The third-order valence-corrected chi connectivity index (χ3v) is 5.44. The molecule has 0 heterocycles.